The average molecular weight is 243 g/mol. The van der Waals surface area contributed by atoms with Crippen LogP contribution < -0.4 is 0 Å². The van der Waals surface area contributed by atoms with Crippen molar-refractivity contribution >= 4 is 5.91 Å². The molecule has 1 fully saturated rings. The second-order valence-corrected chi connectivity index (χ2v) is 5.36. The molecule has 1 aromatic rings. The Hall–Kier alpha value is -1.89. The van der Waals surface area contributed by atoms with Crippen LogP contribution >= 0.6 is 0 Å². The fourth-order valence-corrected chi connectivity index (χ4v) is 2.52. The Labute approximate surface area is 107 Å². The number of piperidine rings is 1. The van der Waals surface area contributed by atoms with Gasteiger partial charge in [-0.1, -0.05) is 13.8 Å². The van der Waals surface area contributed by atoms with Crippen molar-refractivity contribution in [2.45, 2.75) is 32.7 Å². The van der Waals surface area contributed by atoms with Crippen molar-refractivity contribution in [3.05, 3.63) is 30.1 Å². The Balaban J connectivity index is 2.27. The fraction of sp³-hybridized carbons (Fsp3) is 0.500. The van der Waals surface area contributed by atoms with Gasteiger partial charge in [0.1, 0.15) is 6.04 Å². The lowest BCUT2D eigenvalue weighted by Crippen LogP contribution is -2.51. The van der Waals surface area contributed by atoms with Crippen LogP contribution in [-0.4, -0.2) is 28.4 Å². The number of pyridine rings is 1. The summed E-state index contributed by atoms with van der Waals surface area (Å²) in [6.45, 7) is 4.75. The van der Waals surface area contributed by atoms with Gasteiger partial charge in [0, 0.05) is 24.5 Å². The molecule has 2 rings (SSSR count). The maximum Gasteiger partial charge on any atom is 0.255 e. The molecule has 1 aliphatic rings. The molecule has 1 unspecified atom stereocenters. The first-order valence-electron chi connectivity index (χ1n) is 6.17. The zero-order valence-corrected chi connectivity index (χ0v) is 10.8. The summed E-state index contributed by atoms with van der Waals surface area (Å²) in [6.07, 6.45) is 5.13. The molecule has 4 heteroatoms. The molecular formula is C14H17N3O. The molecular weight excluding hydrogens is 226 g/mol. The van der Waals surface area contributed by atoms with Crippen molar-refractivity contribution < 1.29 is 4.79 Å². The topological polar surface area (TPSA) is 57.0 Å². The summed E-state index contributed by atoms with van der Waals surface area (Å²) in [6, 6.07) is 5.32. The van der Waals surface area contributed by atoms with Crippen LogP contribution in [0.15, 0.2) is 24.5 Å². The van der Waals surface area contributed by atoms with E-state index < -0.39 is 0 Å². The standard InChI is InChI=1S/C14H17N3O/c1-14(2)6-3-9-17(12(14)10-15)13(18)11-4-7-16-8-5-11/h4-5,7-8,12H,3,6,9H2,1-2H3. The van der Waals surface area contributed by atoms with Crippen molar-refractivity contribution in [3.63, 3.8) is 0 Å². The van der Waals surface area contributed by atoms with E-state index in [0.29, 0.717) is 12.1 Å². The van der Waals surface area contributed by atoms with E-state index >= 15 is 0 Å². The zero-order valence-electron chi connectivity index (χ0n) is 10.8. The number of rotatable bonds is 1. The van der Waals surface area contributed by atoms with E-state index in [9.17, 15) is 10.1 Å². The van der Waals surface area contributed by atoms with Gasteiger partial charge in [-0.2, -0.15) is 5.26 Å². The normalized spacial score (nSPS) is 22.3. The van der Waals surface area contributed by atoms with Gasteiger partial charge in [-0.25, -0.2) is 0 Å². The number of likely N-dealkylation sites (tertiary alicyclic amines) is 1. The number of carbonyl (C=O) groups excluding carboxylic acids is 1. The van der Waals surface area contributed by atoms with E-state index in [1.54, 1.807) is 29.4 Å². The minimum Gasteiger partial charge on any atom is -0.322 e. The summed E-state index contributed by atoms with van der Waals surface area (Å²) in [4.78, 5) is 18.0. The highest BCUT2D eigenvalue weighted by atomic mass is 16.2. The summed E-state index contributed by atoms with van der Waals surface area (Å²) >= 11 is 0. The number of carbonyl (C=O) groups is 1. The Kier molecular flexibility index (Phi) is 3.33. The van der Waals surface area contributed by atoms with E-state index in [-0.39, 0.29) is 17.4 Å². The van der Waals surface area contributed by atoms with Gasteiger partial charge in [0.2, 0.25) is 0 Å². The van der Waals surface area contributed by atoms with Crippen molar-refractivity contribution in [1.29, 1.82) is 5.26 Å². The van der Waals surface area contributed by atoms with Gasteiger partial charge in [-0.3, -0.25) is 9.78 Å². The van der Waals surface area contributed by atoms with Gasteiger partial charge in [0.05, 0.1) is 6.07 Å². The van der Waals surface area contributed by atoms with Gasteiger partial charge in [0.15, 0.2) is 0 Å². The second-order valence-electron chi connectivity index (χ2n) is 5.36. The molecule has 1 aliphatic heterocycles. The molecule has 1 saturated heterocycles. The average Bonchev–Trinajstić information content (AvgIpc) is 2.37. The molecule has 0 saturated carbocycles. The third kappa shape index (κ3) is 2.21. The monoisotopic (exact) mass is 243 g/mol. The summed E-state index contributed by atoms with van der Waals surface area (Å²) in [7, 11) is 0. The van der Waals surface area contributed by atoms with Gasteiger partial charge in [0.25, 0.3) is 5.91 Å². The number of aromatic nitrogens is 1. The van der Waals surface area contributed by atoms with E-state index in [4.69, 9.17) is 0 Å². The van der Waals surface area contributed by atoms with Crippen molar-refractivity contribution in [1.82, 2.24) is 9.88 Å². The van der Waals surface area contributed by atoms with Gasteiger partial charge in [-0.15, -0.1) is 0 Å². The molecule has 94 valence electrons. The summed E-state index contributed by atoms with van der Waals surface area (Å²) in [5.41, 5.74) is 0.457. The smallest absolute Gasteiger partial charge is 0.255 e. The molecule has 1 amide bonds. The van der Waals surface area contributed by atoms with Crippen LogP contribution in [0.2, 0.25) is 0 Å². The molecule has 0 N–H and O–H groups in total. The lowest BCUT2D eigenvalue weighted by molar-refractivity contribution is 0.0438. The lowest BCUT2D eigenvalue weighted by atomic mass is 9.77. The highest BCUT2D eigenvalue weighted by Gasteiger charge is 2.40. The van der Waals surface area contributed by atoms with Crippen molar-refractivity contribution in [2.75, 3.05) is 6.54 Å². The van der Waals surface area contributed by atoms with Crippen LogP contribution in [-0.2, 0) is 0 Å². The highest BCUT2D eigenvalue weighted by Crippen LogP contribution is 2.35. The minimum atomic E-state index is -0.355. The van der Waals surface area contributed by atoms with E-state index in [1.165, 1.54) is 0 Å². The molecule has 0 radical (unpaired) electrons. The molecule has 0 bridgehead atoms. The maximum absolute atomic E-state index is 12.4. The molecule has 4 nitrogen and oxygen atoms in total. The number of nitriles is 1. The Morgan fingerprint density at radius 1 is 1.50 bits per heavy atom. The van der Waals surface area contributed by atoms with Gasteiger partial charge < -0.3 is 4.90 Å². The third-order valence-electron chi connectivity index (χ3n) is 3.58. The molecule has 1 atom stereocenters. The SMILES string of the molecule is CC1(C)CCCN(C(=O)c2ccncc2)C1C#N. The number of hydrogen-bond acceptors (Lipinski definition) is 3. The maximum atomic E-state index is 12.4. The van der Waals surface area contributed by atoms with Crippen LogP contribution in [0.3, 0.4) is 0 Å². The molecule has 2 heterocycles. The Morgan fingerprint density at radius 2 is 2.17 bits per heavy atom. The second kappa shape index (κ2) is 4.77. The van der Waals surface area contributed by atoms with Gasteiger partial charge >= 0.3 is 0 Å². The van der Waals surface area contributed by atoms with E-state index in [0.717, 1.165) is 12.8 Å². The predicted molar refractivity (Wildman–Crippen MR) is 67.7 cm³/mol. The zero-order chi connectivity index (χ0) is 13.2. The minimum absolute atomic E-state index is 0.0725. The molecule has 0 aromatic carbocycles. The summed E-state index contributed by atoms with van der Waals surface area (Å²) in [5.74, 6) is -0.0725. The number of amides is 1. The largest absolute Gasteiger partial charge is 0.322 e. The highest BCUT2D eigenvalue weighted by molar-refractivity contribution is 5.94. The predicted octanol–water partition coefficient (Wildman–Crippen LogP) is 2.24. The third-order valence-corrected chi connectivity index (χ3v) is 3.58. The first-order valence-corrected chi connectivity index (χ1v) is 6.17. The first kappa shape index (κ1) is 12.6. The van der Waals surface area contributed by atoms with Crippen LogP contribution in [0.1, 0.15) is 37.0 Å². The van der Waals surface area contributed by atoms with Crippen LogP contribution in [0.25, 0.3) is 0 Å². The molecule has 0 aliphatic carbocycles. The van der Waals surface area contributed by atoms with Crippen LogP contribution in [0.5, 0.6) is 0 Å². The summed E-state index contributed by atoms with van der Waals surface area (Å²) in [5, 5.41) is 9.34. The van der Waals surface area contributed by atoms with E-state index in [1.807, 2.05) is 13.8 Å². The summed E-state index contributed by atoms with van der Waals surface area (Å²) < 4.78 is 0. The molecule has 0 spiro atoms. The van der Waals surface area contributed by atoms with E-state index in [2.05, 4.69) is 11.1 Å². The Morgan fingerprint density at radius 3 is 2.78 bits per heavy atom. The van der Waals surface area contributed by atoms with Crippen LogP contribution in [0.4, 0.5) is 0 Å². The van der Waals surface area contributed by atoms with Crippen LogP contribution in [0, 0.1) is 16.7 Å². The number of nitrogens with zero attached hydrogens (tertiary/aromatic N) is 3. The fourth-order valence-electron chi connectivity index (χ4n) is 2.52. The molecule has 18 heavy (non-hydrogen) atoms. The number of hydrogen-bond donors (Lipinski definition) is 0. The quantitative estimate of drug-likeness (QED) is 0.760. The van der Waals surface area contributed by atoms with Gasteiger partial charge in [-0.05, 0) is 30.4 Å². The van der Waals surface area contributed by atoms with Crippen molar-refractivity contribution in [2.24, 2.45) is 5.41 Å². The molecule has 1 aromatic heterocycles. The lowest BCUT2D eigenvalue weighted by Gasteiger charge is -2.42. The van der Waals surface area contributed by atoms with Crippen molar-refractivity contribution in [3.8, 4) is 6.07 Å². The Bertz CT molecular complexity index is 476. The first-order chi connectivity index (χ1) is 8.56.